The molecule has 3 aromatic heterocycles. The first-order valence-corrected chi connectivity index (χ1v) is 7.98. The summed E-state index contributed by atoms with van der Waals surface area (Å²) >= 11 is 0. The Balaban J connectivity index is 1.74. The van der Waals surface area contributed by atoms with Gasteiger partial charge in [-0.25, -0.2) is 28.7 Å². The zero-order chi connectivity index (χ0) is 17.4. The van der Waals surface area contributed by atoms with Crippen LogP contribution < -0.4 is 4.90 Å². The van der Waals surface area contributed by atoms with Gasteiger partial charge < -0.3 is 4.90 Å². The van der Waals surface area contributed by atoms with E-state index in [-0.39, 0.29) is 5.69 Å². The Kier molecular flexibility index (Phi) is 3.87. The van der Waals surface area contributed by atoms with Gasteiger partial charge >= 0.3 is 0 Å². The van der Waals surface area contributed by atoms with Gasteiger partial charge in [0.15, 0.2) is 11.5 Å². The number of fused-ring (bicyclic) bond motifs is 1. The van der Waals surface area contributed by atoms with E-state index in [1.165, 1.54) is 18.0 Å². The minimum absolute atomic E-state index is 0.310. The van der Waals surface area contributed by atoms with Gasteiger partial charge in [-0.15, -0.1) is 0 Å². The fourth-order valence-electron chi connectivity index (χ4n) is 2.97. The van der Waals surface area contributed by atoms with Crippen LogP contribution in [0.25, 0.3) is 17.2 Å². The number of imidazole rings is 1. The highest BCUT2D eigenvalue weighted by atomic mass is 19.3. The molecule has 1 aliphatic rings. The molecule has 0 bridgehead atoms. The zero-order valence-corrected chi connectivity index (χ0v) is 13.4. The van der Waals surface area contributed by atoms with Crippen molar-refractivity contribution in [1.29, 1.82) is 0 Å². The second-order valence-electron chi connectivity index (χ2n) is 6.00. The first kappa shape index (κ1) is 15.6. The fraction of sp³-hybridized carbons (Fsp3) is 0.294. The average molecular weight is 342 g/mol. The standard InChI is InChI=1S/C17H16F2N6/c1-11-3-2-6-24(9-11)14-4-5-20-17(23-14)13-7-22-15-8-21-12(16(18)19)10-25(13)15/h4-5,7-8,10,16H,1-3,6,9H2. The Morgan fingerprint density at radius 2 is 2.04 bits per heavy atom. The van der Waals surface area contributed by atoms with Gasteiger partial charge in [-0.05, 0) is 18.9 Å². The van der Waals surface area contributed by atoms with Crippen molar-refractivity contribution in [1.82, 2.24) is 24.3 Å². The van der Waals surface area contributed by atoms with Gasteiger partial charge in [0.25, 0.3) is 6.43 Å². The minimum Gasteiger partial charge on any atom is -0.353 e. The van der Waals surface area contributed by atoms with E-state index in [0.717, 1.165) is 31.7 Å². The third-order valence-electron chi connectivity index (χ3n) is 4.21. The molecular formula is C17H16F2N6. The lowest BCUT2D eigenvalue weighted by molar-refractivity contribution is 0.145. The van der Waals surface area contributed by atoms with Crippen molar-refractivity contribution in [3.8, 4) is 11.5 Å². The number of hydrogen-bond donors (Lipinski definition) is 0. The Hall–Kier alpha value is -2.90. The molecule has 25 heavy (non-hydrogen) atoms. The number of anilines is 1. The molecule has 0 N–H and O–H groups in total. The van der Waals surface area contributed by atoms with E-state index in [9.17, 15) is 8.78 Å². The largest absolute Gasteiger partial charge is 0.353 e. The smallest absolute Gasteiger partial charge is 0.281 e. The van der Waals surface area contributed by atoms with Gasteiger partial charge in [0, 0.05) is 25.5 Å². The lowest BCUT2D eigenvalue weighted by atomic mass is 10.1. The molecule has 1 aliphatic heterocycles. The predicted octanol–water partition coefficient (Wildman–Crippen LogP) is 3.28. The molecule has 0 radical (unpaired) electrons. The molecule has 1 saturated heterocycles. The van der Waals surface area contributed by atoms with Crippen molar-refractivity contribution in [3.63, 3.8) is 0 Å². The number of hydrogen-bond acceptors (Lipinski definition) is 5. The van der Waals surface area contributed by atoms with Crippen LogP contribution in [-0.4, -0.2) is 37.4 Å². The first-order valence-electron chi connectivity index (χ1n) is 7.98. The Bertz CT molecular complexity index is 936. The zero-order valence-electron chi connectivity index (χ0n) is 13.4. The molecule has 6 nitrogen and oxygen atoms in total. The Labute approximate surface area is 142 Å². The Morgan fingerprint density at radius 3 is 2.84 bits per heavy atom. The summed E-state index contributed by atoms with van der Waals surface area (Å²) < 4.78 is 27.4. The average Bonchev–Trinajstić information content (AvgIpc) is 3.05. The van der Waals surface area contributed by atoms with Crippen molar-refractivity contribution in [2.75, 3.05) is 18.0 Å². The fourth-order valence-corrected chi connectivity index (χ4v) is 2.97. The topological polar surface area (TPSA) is 59.2 Å². The van der Waals surface area contributed by atoms with E-state index >= 15 is 0 Å². The molecule has 0 unspecified atom stereocenters. The third kappa shape index (κ3) is 2.95. The molecule has 0 aromatic carbocycles. The van der Waals surface area contributed by atoms with Crippen molar-refractivity contribution in [2.24, 2.45) is 0 Å². The molecule has 0 saturated carbocycles. The maximum Gasteiger partial charge on any atom is 0.281 e. The highest BCUT2D eigenvalue weighted by Crippen LogP contribution is 2.24. The van der Waals surface area contributed by atoms with E-state index in [1.807, 2.05) is 6.07 Å². The quantitative estimate of drug-likeness (QED) is 0.684. The summed E-state index contributed by atoms with van der Waals surface area (Å²) in [6.07, 6.45) is 5.27. The number of nitrogens with zero attached hydrogens (tertiary/aromatic N) is 6. The van der Waals surface area contributed by atoms with Crippen LogP contribution in [0.4, 0.5) is 14.6 Å². The maximum absolute atomic E-state index is 12.9. The number of halogens is 2. The summed E-state index contributed by atoms with van der Waals surface area (Å²) in [6, 6.07) is 1.84. The third-order valence-corrected chi connectivity index (χ3v) is 4.21. The maximum atomic E-state index is 12.9. The van der Waals surface area contributed by atoms with Crippen LogP contribution in [0, 0.1) is 0 Å². The van der Waals surface area contributed by atoms with Crippen LogP contribution in [0.2, 0.25) is 0 Å². The molecular weight excluding hydrogens is 326 g/mol. The van der Waals surface area contributed by atoms with Crippen LogP contribution in [0.15, 0.2) is 43.0 Å². The van der Waals surface area contributed by atoms with Gasteiger partial charge in [0.1, 0.15) is 17.2 Å². The number of alkyl halides is 2. The lowest BCUT2D eigenvalue weighted by Gasteiger charge is -2.29. The summed E-state index contributed by atoms with van der Waals surface area (Å²) in [5, 5.41) is 0. The SMILES string of the molecule is C=C1CCCN(c2ccnc(-c3cnc4cnc(C(F)F)cn34)n2)C1. The van der Waals surface area contributed by atoms with Crippen molar-refractivity contribution < 1.29 is 8.78 Å². The number of aromatic nitrogens is 5. The molecule has 4 heterocycles. The van der Waals surface area contributed by atoms with Crippen molar-refractivity contribution in [3.05, 3.63) is 48.7 Å². The van der Waals surface area contributed by atoms with Crippen LogP contribution in [0.1, 0.15) is 25.0 Å². The summed E-state index contributed by atoms with van der Waals surface area (Å²) in [4.78, 5) is 19.0. The second-order valence-corrected chi connectivity index (χ2v) is 6.00. The van der Waals surface area contributed by atoms with Gasteiger partial charge in [-0.3, -0.25) is 4.40 Å². The van der Waals surface area contributed by atoms with Gasteiger partial charge in [0.05, 0.1) is 12.4 Å². The molecule has 4 rings (SSSR count). The lowest BCUT2D eigenvalue weighted by Crippen LogP contribution is -2.31. The monoisotopic (exact) mass is 342 g/mol. The second kappa shape index (κ2) is 6.19. The van der Waals surface area contributed by atoms with Gasteiger partial charge in [-0.2, -0.15) is 0 Å². The molecule has 1 fully saturated rings. The Morgan fingerprint density at radius 1 is 1.16 bits per heavy atom. The molecule has 0 aliphatic carbocycles. The van der Waals surface area contributed by atoms with Crippen LogP contribution in [0.5, 0.6) is 0 Å². The highest BCUT2D eigenvalue weighted by molar-refractivity contribution is 5.58. The summed E-state index contributed by atoms with van der Waals surface area (Å²) in [5.74, 6) is 1.23. The van der Waals surface area contributed by atoms with E-state index in [1.54, 1.807) is 16.8 Å². The van der Waals surface area contributed by atoms with Crippen molar-refractivity contribution >= 4 is 11.5 Å². The van der Waals surface area contributed by atoms with Gasteiger partial charge in [-0.1, -0.05) is 12.2 Å². The summed E-state index contributed by atoms with van der Waals surface area (Å²) in [7, 11) is 0. The van der Waals surface area contributed by atoms with Crippen LogP contribution >= 0.6 is 0 Å². The predicted molar refractivity (Wildman–Crippen MR) is 89.6 cm³/mol. The molecule has 128 valence electrons. The van der Waals surface area contributed by atoms with Crippen LogP contribution in [-0.2, 0) is 0 Å². The number of piperidine rings is 1. The van der Waals surface area contributed by atoms with Crippen LogP contribution in [0.3, 0.4) is 0 Å². The first-order chi connectivity index (χ1) is 12.1. The normalized spacial score (nSPS) is 15.3. The van der Waals surface area contributed by atoms with E-state index in [2.05, 4.69) is 31.4 Å². The van der Waals surface area contributed by atoms with E-state index in [0.29, 0.717) is 17.2 Å². The van der Waals surface area contributed by atoms with Crippen molar-refractivity contribution in [2.45, 2.75) is 19.3 Å². The van der Waals surface area contributed by atoms with Gasteiger partial charge in [0.2, 0.25) is 0 Å². The molecule has 3 aromatic rings. The molecule has 0 atom stereocenters. The number of rotatable bonds is 3. The molecule has 8 heteroatoms. The minimum atomic E-state index is -2.65. The highest BCUT2D eigenvalue weighted by Gasteiger charge is 2.17. The van der Waals surface area contributed by atoms with E-state index in [4.69, 9.17) is 0 Å². The summed E-state index contributed by atoms with van der Waals surface area (Å²) in [6.45, 7) is 5.72. The summed E-state index contributed by atoms with van der Waals surface area (Å²) in [5.41, 5.74) is 1.89. The molecule has 0 amide bonds. The van der Waals surface area contributed by atoms with E-state index < -0.39 is 6.43 Å². The molecule has 0 spiro atoms.